The van der Waals surface area contributed by atoms with E-state index in [0.29, 0.717) is 11.8 Å². The third-order valence-electron chi connectivity index (χ3n) is 4.21. The van der Waals surface area contributed by atoms with E-state index < -0.39 is 0 Å². The molecule has 0 aromatic carbocycles. The van der Waals surface area contributed by atoms with E-state index in [1.165, 1.54) is 38.5 Å². The minimum Gasteiger partial charge on any atom is -0.357 e. The molecular formula is C20H40N2S3. The van der Waals surface area contributed by atoms with Gasteiger partial charge >= 0.3 is 0 Å². The van der Waals surface area contributed by atoms with Crippen LogP contribution in [0.1, 0.15) is 80.1 Å². The second-order valence-electron chi connectivity index (χ2n) is 7.68. The molecule has 0 aliphatic rings. The quantitative estimate of drug-likeness (QED) is 0.338. The van der Waals surface area contributed by atoms with E-state index in [-0.39, 0.29) is 0 Å². The summed E-state index contributed by atoms with van der Waals surface area (Å²) in [6, 6.07) is 0. The molecule has 2 nitrogen and oxygen atoms in total. The zero-order chi connectivity index (χ0) is 19.2. The summed E-state index contributed by atoms with van der Waals surface area (Å²) in [4.78, 5) is 4.74. The van der Waals surface area contributed by atoms with Crippen LogP contribution >= 0.6 is 36.2 Å². The predicted octanol–water partition coefficient (Wildman–Crippen LogP) is 6.59. The number of hydrogen-bond donors (Lipinski definition) is 0. The molecule has 0 saturated heterocycles. The average molecular weight is 405 g/mol. The van der Waals surface area contributed by atoms with Crippen molar-refractivity contribution in [3.8, 4) is 0 Å². The summed E-state index contributed by atoms with van der Waals surface area (Å²) in [7, 11) is 0. The maximum atomic E-state index is 5.76. The van der Waals surface area contributed by atoms with Gasteiger partial charge in [-0.25, -0.2) is 0 Å². The number of thioether (sulfide) groups is 1. The maximum Gasteiger partial charge on any atom is 0.143 e. The van der Waals surface area contributed by atoms with E-state index in [4.69, 9.17) is 24.4 Å². The van der Waals surface area contributed by atoms with Crippen LogP contribution in [0.5, 0.6) is 0 Å². The molecule has 0 bridgehead atoms. The molecular weight excluding hydrogens is 364 g/mol. The van der Waals surface area contributed by atoms with Crippen molar-refractivity contribution in [3.63, 3.8) is 0 Å². The number of nitrogens with zero attached hydrogens (tertiary/aromatic N) is 2. The maximum absolute atomic E-state index is 5.76. The Bertz CT molecular complexity index is 336. The molecule has 0 atom stereocenters. The van der Waals surface area contributed by atoms with Crippen molar-refractivity contribution in [3.05, 3.63) is 0 Å². The van der Waals surface area contributed by atoms with Gasteiger partial charge in [0.15, 0.2) is 0 Å². The summed E-state index contributed by atoms with van der Waals surface area (Å²) in [6.07, 6.45) is 7.16. The Morgan fingerprint density at radius 2 is 1.08 bits per heavy atom. The predicted molar refractivity (Wildman–Crippen MR) is 125 cm³/mol. The second-order valence-corrected chi connectivity index (χ2v) is 9.95. The summed E-state index contributed by atoms with van der Waals surface area (Å²) in [5.41, 5.74) is 0. The molecule has 0 fully saturated rings. The fourth-order valence-corrected chi connectivity index (χ4v) is 4.09. The van der Waals surface area contributed by atoms with Gasteiger partial charge in [-0.05, 0) is 49.3 Å². The standard InChI is InChI=1S/C20H40N2S3/c1-7-9-13-21(15-11-17(3)4)19(23)25-20(24)22(14-10-8-2)16-12-18(5)6/h17-18H,7-16H2,1-6H3. The van der Waals surface area contributed by atoms with Crippen molar-refractivity contribution in [1.82, 2.24) is 9.80 Å². The zero-order valence-electron chi connectivity index (χ0n) is 17.3. The zero-order valence-corrected chi connectivity index (χ0v) is 19.8. The lowest BCUT2D eigenvalue weighted by atomic mass is 10.1. The highest BCUT2D eigenvalue weighted by molar-refractivity contribution is 8.37. The smallest absolute Gasteiger partial charge is 0.143 e. The molecule has 0 N–H and O–H groups in total. The van der Waals surface area contributed by atoms with E-state index in [1.54, 1.807) is 11.8 Å². The molecule has 0 aromatic rings. The first-order chi connectivity index (χ1) is 11.8. The molecule has 0 rings (SSSR count). The lowest BCUT2D eigenvalue weighted by Crippen LogP contribution is -2.35. The lowest BCUT2D eigenvalue weighted by Gasteiger charge is -2.29. The van der Waals surface area contributed by atoms with Crippen LogP contribution in [0.3, 0.4) is 0 Å². The van der Waals surface area contributed by atoms with Gasteiger partial charge < -0.3 is 9.80 Å². The summed E-state index contributed by atoms with van der Waals surface area (Å²) >= 11 is 13.2. The molecule has 0 aliphatic heterocycles. The molecule has 0 heterocycles. The average Bonchev–Trinajstić information content (AvgIpc) is 2.54. The van der Waals surface area contributed by atoms with E-state index in [2.05, 4.69) is 51.3 Å². The fourth-order valence-electron chi connectivity index (χ4n) is 2.32. The Morgan fingerprint density at radius 1 is 0.720 bits per heavy atom. The van der Waals surface area contributed by atoms with Gasteiger partial charge in [0.05, 0.1) is 0 Å². The molecule has 0 radical (unpaired) electrons. The van der Waals surface area contributed by atoms with Crippen molar-refractivity contribution in [2.75, 3.05) is 26.2 Å². The van der Waals surface area contributed by atoms with Crippen molar-refractivity contribution in [2.24, 2.45) is 11.8 Å². The molecule has 5 heteroatoms. The second kappa shape index (κ2) is 15.2. The molecule has 0 unspecified atom stereocenters. The summed E-state index contributed by atoms with van der Waals surface area (Å²) < 4.78 is 1.93. The topological polar surface area (TPSA) is 6.48 Å². The van der Waals surface area contributed by atoms with Crippen molar-refractivity contribution in [1.29, 1.82) is 0 Å². The molecule has 0 saturated carbocycles. The highest BCUT2D eigenvalue weighted by atomic mass is 32.2. The molecule has 0 amide bonds. The van der Waals surface area contributed by atoms with Gasteiger partial charge in [0, 0.05) is 26.2 Å². The third-order valence-corrected chi connectivity index (χ3v) is 6.09. The third kappa shape index (κ3) is 13.0. The van der Waals surface area contributed by atoms with Gasteiger partial charge in [-0.3, -0.25) is 0 Å². The first kappa shape index (κ1) is 25.1. The Kier molecular flexibility index (Phi) is 15.3. The molecule has 0 spiro atoms. The van der Waals surface area contributed by atoms with Gasteiger partial charge in [-0.1, -0.05) is 78.8 Å². The Balaban J connectivity index is 4.73. The first-order valence-electron chi connectivity index (χ1n) is 10.1. The number of unbranched alkanes of at least 4 members (excludes halogenated alkanes) is 2. The van der Waals surface area contributed by atoms with Crippen LogP contribution in [0.25, 0.3) is 0 Å². The largest absolute Gasteiger partial charge is 0.357 e. The van der Waals surface area contributed by atoms with Crippen LogP contribution in [-0.2, 0) is 0 Å². The Labute approximate surface area is 172 Å². The number of hydrogen-bond acceptors (Lipinski definition) is 3. The van der Waals surface area contributed by atoms with Crippen LogP contribution < -0.4 is 0 Å². The van der Waals surface area contributed by atoms with Crippen molar-refractivity contribution in [2.45, 2.75) is 80.1 Å². The molecule has 0 aromatic heterocycles. The van der Waals surface area contributed by atoms with Crippen molar-refractivity contribution >= 4 is 44.8 Å². The van der Waals surface area contributed by atoms with Gasteiger partial charge in [0.2, 0.25) is 0 Å². The highest BCUT2D eigenvalue weighted by Crippen LogP contribution is 2.19. The van der Waals surface area contributed by atoms with E-state index in [9.17, 15) is 0 Å². The summed E-state index contributed by atoms with van der Waals surface area (Å²) in [5, 5.41) is 0. The number of rotatable bonds is 12. The monoisotopic (exact) mass is 404 g/mol. The van der Waals surface area contributed by atoms with Gasteiger partial charge in [0.25, 0.3) is 0 Å². The van der Waals surface area contributed by atoms with Gasteiger partial charge in [-0.2, -0.15) is 0 Å². The van der Waals surface area contributed by atoms with Gasteiger partial charge in [-0.15, -0.1) is 0 Å². The van der Waals surface area contributed by atoms with Crippen LogP contribution in [0.2, 0.25) is 0 Å². The summed E-state index contributed by atoms with van der Waals surface area (Å²) in [5.74, 6) is 1.41. The van der Waals surface area contributed by atoms with Gasteiger partial charge in [0.1, 0.15) is 8.64 Å². The van der Waals surface area contributed by atoms with Crippen molar-refractivity contribution < 1.29 is 0 Å². The van der Waals surface area contributed by atoms with Crippen LogP contribution in [0.4, 0.5) is 0 Å². The van der Waals surface area contributed by atoms with E-state index in [1.807, 2.05) is 0 Å². The van der Waals surface area contributed by atoms with E-state index in [0.717, 1.165) is 34.8 Å². The summed E-state index contributed by atoms with van der Waals surface area (Å²) in [6.45, 7) is 17.8. The molecule has 25 heavy (non-hydrogen) atoms. The molecule has 0 aliphatic carbocycles. The fraction of sp³-hybridized carbons (Fsp3) is 0.900. The lowest BCUT2D eigenvalue weighted by molar-refractivity contribution is 0.381. The first-order valence-corrected chi connectivity index (χ1v) is 11.7. The number of thiocarbonyl (C=S) groups is 2. The van der Waals surface area contributed by atoms with E-state index >= 15 is 0 Å². The minimum absolute atomic E-state index is 0.705. The highest BCUT2D eigenvalue weighted by Gasteiger charge is 2.17. The SMILES string of the molecule is CCCCN(CCC(C)C)C(=S)SC(=S)N(CCCC)CCC(C)C. The van der Waals surface area contributed by atoms with Crippen LogP contribution in [0.15, 0.2) is 0 Å². The van der Waals surface area contributed by atoms with Crippen LogP contribution in [0, 0.1) is 11.8 Å². The minimum atomic E-state index is 0.705. The normalized spacial score (nSPS) is 11.2. The Morgan fingerprint density at radius 3 is 1.36 bits per heavy atom. The Hall–Kier alpha value is 0.130. The molecule has 148 valence electrons. The van der Waals surface area contributed by atoms with Crippen LogP contribution in [-0.4, -0.2) is 44.6 Å².